The molecule has 0 bridgehead atoms. The van der Waals surface area contributed by atoms with E-state index in [4.69, 9.17) is 9.84 Å². The normalized spacial score (nSPS) is 11.0. The maximum Gasteiger partial charge on any atom is 0.162 e. The van der Waals surface area contributed by atoms with E-state index in [1.807, 2.05) is 60.7 Å². The second kappa shape index (κ2) is 7.58. The molecule has 1 N–H and O–H groups in total. The molecular formula is C18H19NO2. The quantitative estimate of drug-likeness (QED) is 0.849. The van der Waals surface area contributed by atoms with Crippen LogP contribution in [0.3, 0.4) is 0 Å². The van der Waals surface area contributed by atoms with Gasteiger partial charge in [0.2, 0.25) is 0 Å². The first-order chi connectivity index (χ1) is 10.3. The summed E-state index contributed by atoms with van der Waals surface area (Å²) in [5, 5.41) is 18.7. The highest BCUT2D eigenvalue weighted by Gasteiger charge is 2.31. The van der Waals surface area contributed by atoms with E-state index in [0.29, 0.717) is 12.8 Å². The topological polar surface area (TPSA) is 53.2 Å². The summed E-state index contributed by atoms with van der Waals surface area (Å²) in [5.74, 6) is 0. The lowest BCUT2D eigenvalue weighted by molar-refractivity contribution is -0.0189. The average Bonchev–Trinajstić information content (AvgIpc) is 2.54. The number of benzene rings is 2. The molecule has 0 atom stereocenters. The molecule has 0 amide bonds. The van der Waals surface area contributed by atoms with Gasteiger partial charge in [0, 0.05) is 12.8 Å². The fourth-order valence-electron chi connectivity index (χ4n) is 2.37. The van der Waals surface area contributed by atoms with Gasteiger partial charge in [-0.15, -0.1) is 0 Å². The Bertz CT molecular complexity index is 534. The summed E-state index contributed by atoms with van der Waals surface area (Å²) in [4.78, 5) is 0. The van der Waals surface area contributed by atoms with Crippen molar-refractivity contribution in [3.05, 3.63) is 71.8 Å². The molecule has 3 nitrogen and oxygen atoms in total. The minimum absolute atomic E-state index is 0.0903. The summed E-state index contributed by atoms with van der Waals surface area (Å²) in [6.45, 7) is 0.0697. The van der Waals surface area contributed by atoms with Crippen molar-refractivity contribution in [1.82, 2.24) is 0 Å². The van der Waals surface area contributed by atoms with Gasteiger partial charge in [0.05, 0.1) is 19.3 Å². The Morgan fingerprint density at radius 1 is 0.905 bits per heavy atom. The van der Waals surface area contributed by atoms with Crippen molar-refractivity contribution in [2.24, 2.45) is 0 Å². The Labute approximate surface area is 125 Å². The van der Waals surface area contributed by atoms with Crippen molar-refractivity contribution < 1.29 is 9.84 Å². The smallest absolute Gasteiger partial charge is 0.162 e. The number of rotatable bonds is 7. The molecule has 0 spiro atoms. The van der Waals surface area contributed by atoms with Crippen LogP contribution < -0.4 is 0 Å². The standard InChI is InChI=1S/C18H19NO2/c19-15-18(21-12-11-20,13-16-7-3-1-4-8-16)14-17-9-5-2-6-10-17/h1-10,20H,11-14H2. The highest BCUT2D eigenvalue weighted by atomic mass is 16.5. The van der Waals surface area contributed by atoms with E-state index in [2.05, 4.69) is 6.07 Å². The minimum atomic E-state index is -0.953. The van der Waals surface area contributed by atoms with Gasteiger partial charge in [0.1, 0.15) is 0 Å². The van der Waals surface area contributed by atoms with E-state index in [1.54, 1.807) is 0 Å². The lowest BCUT2D eigenvalue weighted by atomic mass is 9.89. The Morgan fingerprint density at radius 2 is 1.38 bits per heavy atom. The highest BCUT2D eigenvalue weighted by molar-refractivity contribution is 5.25. The first kappa shape index (κ1) is 15.2. The van der Waals surface area contributed by atoms with Crippen molar-refractivity contribution >= 4 is 0 Å². The Kier molecular flexibility index (Phi) is 5.51. The fraction of sp³-hybridized carbons (Fsp3) is 0.278. The van der Waals surface area contributed by atoms with E-state index in [-0.39, 0.29) is 13.2 Å². The van der Waals surface area contributed by atoms with Crippen LogP contribution in [0.1, 0.15) is 11.1 Å². The van der Waals surface area contributed by atoms with Gasteiger partial charge in [0.15, 0.2) is 5.60 Å². The number of ether oxygens (including phenoxy) is 1. The third-order valence-corrected chi connectivity index (χ3v) is 3.34. The van der Waals surface area contributed by atoms with E-state index in [9.17, 15) is 5.26 Å². The summed E-state index contributed by atoms with van der Waals surface area (Å²) in [5.41, 5.74) is 1.15. The fourth-order valence-corrected chi connectivity index (χ4v) is 2.37. The van der Waals surface area contributed by atoms with E-state index in [0.717, 1.165) is 11.1 Å². The van der Waals surface area contributed by atoms with Crippen molar-refractivity contribution in [1.29, 1.82) is 5.26 Å². The molecule has 2 aromatic carbocycles. The van der Waals surface area contributed by atoms with Crippen LogP contribution in [-0.2, 0) is 17.6 Å². The van der Waals surface area contributed by atoms with Gasteiger partial charge in [-0.2, -0.15) is 5.26 Å². The SMILES string of the molecule is N#CC(Cc1ccccc1)(Cc1ccccc1)OCCO. The lowest BCUT2D eigenvalue weighted by Crippen LogP contribution is -2.37. The van der Waals surface area contributed by atoms with Crippen molar-refractivity contribution in [3.8, 4) is 6.07 Å². The second-order valence-electron chi connectivity index (χ2n) is 5.00. The molecule has 108 valence electrons. The van der Waals surface area contributed by atoms with Gasteiger partial charge >= 0.3 is 0 Å². The summed E-state index contributed by atoms with van der Waals surface area (Å²) >= 11 is 0. The van der Waals surface area contributed by atoms with Crippen LogP contribution in [-0.4, -0.2) is 23.9 Å². The number of hydrogen-bond acceptors (Lipinski definition) is 3. The summed E-state index contributed by atoms with van der Waals surface area (Å²) in [7, 11) is 0. The van der Waals surface area contributed by atoms with Crippen LogP contribution in [0.2, 0.25) is 0 Å². The first-order valence-corrected chi connectivity index (χ1v) is 7.02. The molecule has 3 heteroatoms. The summed E-state index contributed by atoms with van der Waals surface area (Å²) in [6.07, 6.45) is 0.998. The van der Waals surface area contributed by atoms with Crippen LogP contribution in [0.15, 0.2) is 60.7 Å². The third-order valence-electron chi connectivity index (χ3n) is 3.34. The molecule has 2 aromatic rings. The molecule has 0 saturated carbocycles. The van der Waals surface area contributed by atoms with Gasteiger partial charge in [0.25, 0.3) is 0 Å². The zero-order valence-corrected chi connectivity index (χ0v) is 11.9. The van der Waals surface area contributed by atoms with Gasteiger partial charge in [-0.3, -0.25) is 0 Å². The number of hydrogen-bond donors (Lipinski definition) is 1. The molecule has 0 fully saturated rings. The van der Waals surface area contributed by atoms with Crippen molar-refractivity contribution in [2.75, 3.05) is 13.2 Å². The maximum absolute atomic E-state index is 9.67. The van der Waals surface area contributed by atoms with E-state index >= 15 is 0 Å². The predicted molar refractivity (Wildman–Crippen MR) is 81.7 cm³/mol. The van der Waals surface area contributed by atoms with Gasteiger partial charge < -0.3 is 9.84 Å². The first-order valence-electron chi connectivity index (χ1n) is 7.02. The van der Waals surface area contributed by atoms with Crippen LogP contribution in [0.5, 0.6) is 0 Å². The molecule has 0 aliphatic carbocycles. The van der Waals surface area contributed by atoms with Crippen molar-refractivity contribution in [2.45, 2.75) is 18.4 Å². The average molecular weight is 281 g/mol. The van der Waals surface area contributed by atoms with E-state index in [1.165, 1.54) is 0 Å². The molecular weight excluding hydrogens is 262 g/mol. The van der Waals surface area contributed by atoms with Crippen LogP contribution in [0.25, 0.3) is 0 Å². The third kappa shape index (κ3) is 4.42. The lowest BCUT2D eigenvalue weighted by Gasteiger charge is -2.27. The van der Waals surface area contributed by atoms with E-state index < -0.39 is 5.60 Å². The molecule has 0 aromatic heterocycles. The van der Waals surface area contributed by atoms with Gasteiger partial charge in [-0.05, 0) is 11.1 Å². The monoisotopic (exact) mass is 281 g/mol. The molecule has 0 unspecified atom stereocenters. The van der Waals surface area contributed by atoms with Crippen LogP contribution >= 0.6 is 0 Å². The summed E-state index contributed by atoms with van der Waals surface area (Å²) < 4.78 is 5.72. The van der Waals surface area contributed by atoms with Gasteiger partial charge in [-0.25, -0.2) is 0 Å². The summed E-state index contributed by atoms with van der Waals surface area (Å²) in [6, 6.07) is 22.0. The largest absolute Gasteiger partial charge is 0.394 e. The minimum Gasteiger partial charge on any atom is -0.394 e. The number of nitrogens with zero attached hydrogens (tertiary/aromatic N) is 1. The molecule has 0 heterocycles. The number of nitriles is 1. The second-order valence-corrected chi connectivity index (χ2v) is 5.00. The highest BCUT2D eigenvalue weighted by Crippen LogP contribution is 2.23. The number of aliphatic hydroxyl groups is 1. The van der Waals surface area contributed by atoms with Gasteiger partial charge in [-0.1, -0.05) is 60.7 Å². The Hall–Kier alpha value is -2.15. The zero-order chi connectivity index (χ0) is 15.0. The molecule has 0 aliphatic rings. The predicted octanol–water partition coefficient (Wildman–Crippen LogP) is 2.74. The van der Waals surface area contributed by atoms with Crippen molar-refractivity contribution in [3.63, 3.8) is 0 Å². The number of aliphatic hydroxyl groups excluding tert-OH is 1. The molecule has 2 rings (SSSR count). The zero-order valence-electron chi connectivity index (χ0n) is 11.9. The van der Waals surface area contributed by atoms with Crippen LogP contribution in [0.4, 0.5) is 0 Å². The molecule has 0 saturated heterocycles. The Morgan fingerprint density at radius 3 is 1.76 bits per heavy atom. The van der Waals surface area contributed by atoms with Crippen LogP contribution in [0, 0.1) is 11.3 Å². The molecule has 0 aliphatic heterocycles. The molecule has 21 heavy (non-hydrogen) atoms. The maximum atomic E-state index is 9.67. The molecule has 0 radical (unpaired) electrons. The Balaban J connectivity index is 2.23.